The fourth-order valence-corrected chi connectivity index (χ4v) is 2.61. The van der Waals surface area contributed by atoms with Crippen molar-refractivity contribution in [3.05, 3.63) is 65.2 Å². The summed E-state index contributed by atoms with van der Waals surface area (Å²) >= 11 is 0. The monoisotopic (exact) mass is 382 g/mol. The van der Waals surface area contributed by atoms with E-state index in [4.69, 9.17) is 4.74 Å². The zero-order chi connectivity index (χ0) is 20.4. The number of hydrogen-bond donors (Lipinski definition) is 3. The Hall–Kier alpha value is -3.02. The van der Waals surface area contributed by atoms with E-state index in [1.807, 2.05) is 69.3 Å². The van der Waals surface area contributed by atoms with Gasteiger partial charge in [-0.15, -0.1) is 0 Å². The van der Waals surface area contributed by atoms with Crippen LogP contribution >= 0.6 is 0 Å². The molecule has 0 spiro atoms. The van der Waals surface area contributed by atoms with Gasteiger partial charge in [0.15, 0.2) is 5.96 Å². The second kappa shape index (κ2) is 11.0. The molecule has 0 aliphatic carbocycles. The highest BCUT2D eigenvalue weighted by Crippen LogP contribution is 2.17. The van der Waals surface area contributed by atoms with Crippen LogP contribution in [0.25, 0.3) is 0 Å². The third kappa shape index (κ3) is 6.61. The highest BCUT2D eigenvalue weighted by atomic mass is 16.5. The number of aliphatic imine (C=N–C) groups is 1. The van der Waals surface area contributed by atoms with Crippen LogP contribution in [0.4, 0.5) is 0 Å². The molecule has 1 amide bonds. The van der Waals surface area contributed by atoms with Gasteiger partial charge >= 0.3 is 0 Å². The van der Waals surface area contributed by atoms with Crippen molar-refractivity contribution in [1.82, 2.24) is 16.0 Å². The van der Waals surface area contributed by atoms with Crippen molar-refractivity contribution in [2.45, 2.75) is 33.4 Å². The Bertz CT molecular complexity index is 787. The van der Waals surface area contributed by atoms with Crippen LogP contribution in [-0.4, -0.2) is 38.1 Å². The lowest BCUT2D eigenvalue weighted by molar-refractivity contribution is 0.0963. The summed E-state index contributed by atoms with van der Waals surface area (Å²) in [5.74, 6) is 1.54. The lowest BCUT2D eigenvalue weighted by atomic mass is 10.1. The van der Waals surface area contributed by atoms with E-state index in [0.717, 1.165) is 29.4 Å². The van der Waals surface area contributed by atoms with Gasteiger partial charge in [0.2, 0.25) is 0 Å². The average molecular weight is 383 g/mol. The predicted molar refractivity (Wildman–Crippen MR) is 114 cm³/mol. The molecule has 0 saturated carbocycles. The minimum Gasteiger partial charge on any atom is -0.489 e. The maximum atomic E-state index is 11.6. The molecule has 150 valence electrons. The minimum atomic E-state index is -0.0901. The van der Waals surface area contributed by atoms with E-state index in [0.29, 0.717) is 18.7 Å². The summed E-state index contributed by atoms with van der Waals surface area (Å²) in [7, 11) is 1.62. The number of rotatable bonds is 8. The highest BCUT2D eigenvalue weighted by Gasteiger charge is 2.07. The third-order valence-electron chi connectivity index (χ3n) is 4.19. The quantitative estimate of drug-likeness (QED) is 0.485. The normalized spacial score (nSPS) is 12.2. The van der Waals surface area contributed by atoms with Gasteiger partial charge in [-0.25, -0.2) is 4.99 Å². The number of nitrogens with one attached hydrogen (secondary N) is 3. The Morgan fingerprint density at radius 1 is 1.11 bits per heavy atom. The molecule has 1 atom stereocenters. The fourth-order valence-electron chi connectivity index (χ4n) is 2.61. The van der Waals surface area contributed by atoms with Gasteiger partial charge in [0.05, 0.1) is 13.1 Å². The zero-order valence-electron chi connectivity index (χ0n) is 17.1. The lowest BCUT2D eigenvalue weighted by Gasteiger charge is -2.18. The Kier molecular flexibility index (Phi) is 8.34. The summed E-state index contributed by atoms with van der Waals surface area (Å²) in [5.41, 5.74) is 2.80. The summed E-state index contributed by atoms with van der Waals surface area (Å²) in [4.78, 5) is 16.2. The summed E-state index contributed by atoms with van der Waals surface area (Å²) in [5, 5.41) is 9.18. The first-order valence-electron chi connectivity index (χ1n) is 9.59. The number of amides is 1. The van der Waals surface area contributed by atoms with Crippen molar-refractivity contribution >= 4 is 11.9 Å². The summed E-state index contributed by atoms with van der Waals surface area (Å²) in [6.45, 7) is 8.03. The Morgan fingerprint density at radius 2 is 1.82 bits per heavy atom. The summed E-state index contributed by atoms with van der Waals surface area (Å²) in [6.07, 6.45) is -0.00297. The van der Waals surface area contributed by atoms with Gasteiger partial charge in [0.1, 0.15) is 11.9 Å². The number of benzene rings is 2. The number of carbonyl (C=O) groups is 1. The number of para-hydroxylation sites is 1. The van der Waals surface area contributed by atoms with Gasteiger partial charge < -0.3 is 20.7 Å². The molecule has 0 aliphatic heterocycles. The molecule has 3 N–H and O–H groups in total. The summed E-state index contributed by atoms with van der Waals surface area (Å²) in [6, 6.07) is 15.4. The number of carbonyl (C=O) groups excluding carboxylic acids is 1. The smallest absolute Gasteiger partial charge is 0.251 e. The van der Waals surface area contributed by atoms with E-state index in [-0.39, 0.29) is 12.0 Å². The van der Waals surface area contributed by atoms with Crippen LogP contribution in [0.3, 0.4) is 0 Å². The topological polar surface area (TPSA) is 74.8 Å². The predicted octanol–water partition coefficient (Wildman–Crippen LogP) is 2.88. The maximum Gasteiger partial charge on any atom is 0.251 e. The van der Waals surface area contributed by atoms with Crippen LogP contribution < -0.4 is 20.7 Å². The van der Waals surface area contributed by atoms with Crippen LogP contribution in [0.1, 0.15) is 35.3 Å². The van der Waals surface area contributed by atoms with E-state index >= 15 is 0 Å². The largest absolute Gasteiger partial charge is 0.489 e. The van der Waals surface area contributed by atoms with Crippen molar-refractivity contribution in [3.8, 4) is 5.75 Å². The molecule has 0 fully saturated rings. The van der Waals surface area contributed by atoms with E-state index < -0.39 is 0 Å². The molecule has 28 heavy (non-hydrogen) atoms. The number of nitrogens with zero attached hydrogens (tertiary/aromatic N) is 1. The van der Waals surface area contributed by atoms with Gasteiger partial charge in [-0.2, -0.15) is 0 Å². The zero-order valence-corrected chi connectivity index (χ0v) is 17.1. The van der Waals surface area contributed by atoms with Crippen LogP contribution in [-0.2, 0) is 6.54 Å². The van der Waals surface area contributed by atoms with E-state index in [1.165, 1.54) is 0 Å². The minimum absolute atomic E-state index is 0.00297. The molecule has 6 heteroatoms. The highest BCUT2D eigenvalue weighted by molar-refractivity contribution is 5.93. The molecule has 2 aromatic rings. The standard InChI is InChI=1S/C22H30N4O2/c1-5-24-22(25-14-17(3)28-20-9-7-6-8-16(20)2)26-15-18-10-12-19(13-11-18)21(27)23-4/h6-13,17H,5,14-15H2,1-4H3,(H,23,27)(H2,24,25,26). The second-order valence-electron chi connectivity index (χ2n) is 6.55. The first kappa shape index (κ1) is 21.3. The molecule has 0 radical (unpaired) electrons. The van der Waals surface area contributed by atoms with Gasteiger partial charge in [-0.1, -0.05) is 30.3 Å². The van der Waals surface area contributed by atoms with E-state index in [9.17, 15) is 4.79 Å². The molecular weight excluding hydrogens is 352 g/mol. The fraction of sp³-hybridized carbons (Fsp3) is 0.364. The van der Waals surface area contributed by atoms with Crippen molar-refractivity contribution < 1.29 is 9.53 Å². The molecule has 2 rings (SSSR count). The molecule has 0 saturated heterocycles. The van der Waals surface area contributed by atoms with Crippen LogP contribution in [0.2, 0.25) is 0 Å². The number of guanidine groups is 1. The lowest BCUT2D eigenvalue weighted by Crippen LogP contribution is -2.41. The third-order valence-corrected chi connectivity index (χ3v) is 4.19. The number of hydrogen-bond acceptors (Lipinski definition) is 3. The van der Waals surface area contributed by atoms with Crippen molar-refractivity contribution in [3.63, 3.8) is 0 Å². The average Bonchev–Trinajstić information content (AvgIpc) is 2.71. The molecule has 0 aromatic heterocycles. The number of ether oxygens (including phenoxy) is 1. The Balaban J connectivity index is 1.91. The molecular formula is C22H30N4O2. The molecule has 0 heterocycles. The van der Waals surface area contributed by atoms with E-state index in [1.54, 1.807) is 7.05 Å². The maximum absolute atomic E-state index is 11.6. The van der Waals surface area contributed by atoms with Gasteiger partial charge in [-0.05, 0) is 50.1 Å². The second-order valence-corrected chi connectivity index (χ2v) is 6.55. The van der Waals surface area contributed by atoms with Crippen molar-refractivity contribution in [2.75, 3.05) is 20.1 Å². The van der Waals surface area contributed by atoms with Crippen LogP contribution in [0.5, 0.6) is 5.75 Å². The molecule has 2 aromatic carbocycles. The Labute approximate surface area is 167 Å². The first-order valence-corrected chi connectivity index (χ1v) is 9.59. The molecule has 0 aliphatic rings. The van der Waals surface area contributed by atoms with Crippen LogP contribution in [0, 0.1) is 6.92 Å². The Morgan fingerprint density at radius 3 is 2.46 bits per heavy atom. The first-order chi connectivity index (χ1) is 13.5. The van der Waals surface area contributed by atoms with Crippen LogP contribution in [0.15, 0.2) is 53.5 Å². The molecule has 0 bridgehead atoms. The van der Waals surface area contributed by atoms with E-state index in [2.05, 4.69) is 20.9 Å². The summed E-state index contributed by atoms with van der Waals surface area (Å²) < 4.78 is 6.00. The van der Waals surface area contributed by atoms with Gasteiger partial charge in [0, 0.05) is 19.2 Å². The van der Waals surface area contributed by atoms with Gasteiger partial charge in [-0.3, -0.25) is 4.79 Å². The SMILES string of the molecule is CCNC(=NCc1ccc(C(=O)NC)cc1)NCC(C)Oc1ccccc1C. The molecule has 6 nitrogen and oxygen atoms in total. The molecule has 1 unspecified atom stereocenters. The number of aryl methyl sites for hydroxylation is 1. The van der Waals surface area contributed by atoms with Gasteiger partial charge in [0.25, 0.3) is 5.91 Å². The van der Waals surface area contributed by atoms with Crippen molar-refractivity contribution in [1.29, 1.82) is 0 Å². The van der Waals surface area contributed by atoms with Crippen molar-refractivity contribution in [2.24, 2.45) is 4.99 Å².